The Labute approximate surface area is 167 Å². The molecule has 1 aromatic rings. The highest BCUT2D eigenvalue weighted by Crippen LogP contribution is 2.11. The lowest BCUT2D eigenvalue weighted by molar-refractivity contribution is 0.0963. The van der Waals surface area contributed by atoms with Crippen molar-refractivity contribution in [3.8, 4) is 0 Å². The summed E-state index contributed by atoms with van der Waals surface area (Å²) in [5, 5.41) is 3.25. The zero-order chi connectivity index (χ0) is 17.4. The van der Waals surface area contributed by atoms with Crippen LogP contribution in [-0.4, -0.2) is 49.2 Å². The monoisotopic (exact) mass is 460 g/mol. The number of rotatable bonds is 5. The van der Waals surface area contributed by atoms with Crippen LogP contribution in [0.5, 0.6) is 0 Å². The first-order chi connectivity index (χ1) is 11.6. The lowest BCUT2D eigenvalue weighted by Crippen LogP contribution is -2.48. The number of halogens is 1. The number of guanidine groups is 1. The van der Waals surface area contributed by atoms with Gasteiger partial charge in [-0.2, -0.15) is 0 Å². The summed E-state index contributed by atoms with van der Waals surface area (Å²) in [6.45, 7) is 6.36. The van der Waals surface area contributed by atoms with E-state index in [1.165, 1.54) is 11.1 Å². The quantitative estimate of drug-likeness (QED) is 0.403. The number of hydrogen-bond acceptors (Lipinski definition) is 3. The van der Waals surface area contributed by atoms with E-state index in [4.69, 9.17) is 10.5 Å². The van der Waals surface area contributed by atoms with Crippen molar-refractivity contribution in [1.29, 1.82) is 0 Å². The van der Waals surface area contributed by atoms with E-state index in [9.17, 15) is 4.79 Å². The number of amides is 1. The molecule has 0 bridgehead atoms. The van der Waals surface area contributed by atoms with Gasteiger partial charge in [0.1, 0.15) is 0 Å². The van der Waals surface area contributed by atoms with Crippen LogP contribution in [0.15, 0.2) is 29.3 Å². The van der Waals surface area contributed by atoms with Crippen molar-refractivity contribution in [2.75, 3.05) is 26.2 Å². The minimum absolute atomic E-state index is 0. The average molecular weight is 460 g/mol. The predicted octanol–water partition coefficient (Wildman–Crippen LogP) is 2.68. The summed E-state index contributed by atoms with van der Waals surface area (Å²) in [5.74, 6) is 0.483. The Hall–Kier alpha value is -1.51. The zero-order valence-corrected chi connectivity index (χ0v) is 17.4. The fourth-order valence-corrected chi connectivity index (χ4v) is 2.74. The van der Waals surface area contributed by atoms with Gasteiger partial charge in [-0.1, -0.05) is 29.8 Å². The molecule has 2 rings (SSSR count). The molecule has 6 nitrogen and oxygen atoms in total. The third-order valence-corrected chi connectivity index (χ3v) is 4.18. The van der Waals surface area contributed by atoms with Crippen LogP contribution in [0.25, 0.3) is 0 Å². The van der Waals surface area contributed by atoms with Crippen LogP contribution in [0.2, 0.25) is 0 Å². The van der Waals surface area contributed by atoms with E-state index in [1.54, 1.807) is 4.90 Å². The van der Waals surface area contributed by atoms with E-state index >= 15 is 0 Å². The molecule has 1 amide bonds. The molecule has 0 spiro atoms. The molecular formula is C18H29IN4O2. The number of carbonyl (C=O) groups excluding carboxylic acids is 1. The summed E-state index contributed by atoms with van der Waals surface area (Å²) in [6.07, 6.45) is 2.36. The first-order valence-corrected chi connectivity index (χ1v) is 8.62. The predicted molar refractivity (Wildman–Crippen MR) is 112 cm³/mol. The number of aliphatic imine (C=N–C) groups is 1. The van der Waals surface area contributed by atoms with Gasteiger partial charge in [-0.25, -0.2) is 4.79 Å². The largest absolute Gasteiger partial charge is 0.450 e. The Morgan fingerprint density at radius 2 is 1.96 bits per heavy atom. The fourth-order valence-electron chi connectivity index (χ4n) is 2.74. The van der Waals surface area contributed by atoms with Gasteiger partial charge in [0.05, 0.1) is 6.61 Å². The number of piperidine rings is 1. The van der Waals surface area contributed by atoms with Crippen LogP contribution in [0.4, 0.5) is 4.79 Å². The normalized spacial score (nSPS) is 15.4. The van der Waals surface area contributed by atoms with Crippen LogP contribution in [-0.2, 0) is 11.2 Å². The Bertz CT molecular complexity index is 555. The van der Waals surface area contributed by atoms with Gasteiger partial charge in [-0.3, -0.25) is 4.99 Å². The fraction of sp³-hybridized carbons (Fsp3) is 0.556. The van der Waals surface area contributed by atoms with Crippen molar-refractivity contribution in [1.82, 2.24) is 10.2 Å². The molecule has 1 fully saturated rings. The van der Waals surface area contributed by atoms with Gasteiger partial charge in [0.2, 0.25) is 0 Å². The summed E-state index contributed by atoms with van der Waals surface area (Å²) >= 11 is 0. The third kappa shape index (κ3) is 7.50. The summed E-state index contributed by atoms with van der Waals surface area (Å²) < 4.78 is 5.02. The lowest BCUT2D eigenvalue weighted by Gasteiger charge is -2.31. The first kappa shape index (κ1) is 21.5. The molecule has 1 aromatic carbocycles. The minimum Gasteiger partial charge on any atom is -0.450 e. The summed E-state index contributed by atoms with van der Waals surface area (Å²) in [6, 6.07) is 8.73. The highest BCUT2D eigenvalue weighted by Gasteiger charge is 2.23. The second-order valence-electron chi connectivity index (χ2n) is 6.11. The van der Waals surface area contributed by atoms with Crippen LogP contribution < -0.4 is 11.1 Å². The molecule has 1 aliphatic rings. The lowest BCUT2D eigenvalue weighted by atomic mass is 10.1. The molecule has 0 saturated carbocycles. The number of nitrogens with one attached hydrogen (secondary N) is 1. The van der Waals surface area contributed by atoms with E-state index in [0.717, 1.165) is 19.3 Å². The van der Waals surface area contributed by atoms with Crippen molar-refractivity contribution < 1.29 is 9.53 Å². The SMILES string of the molecule is CCOC(=O)N1CCC(NC(N)=NCCc2ccc(C)cc2)CC1.I. The molecule has 140 valence electrons. The topological polar surface area (TPSA) is 80.0 Å². The maximum Gasteiger partial charge on any atom is 0.409 e. The zero-order valence-electron chi connectivity index (χ0n) is 15.0. The van der Waals surface area contributed by atoms with Crippen LogP contribution in [0.1, 0.15) is 30.9 Å². The summed E-state index contributed by atoms with van der Waals surface area (Å²) in [4.78, 5) is 17.8. The van der Waals surface area contributed by atoms with E-state index in [-0.39, 0.29) is 36.1 Å². The minimum atomic E-state index is -0.226. The third-order valence-electron chi connectivity index (χ3n) is 4.18. The molecule has 7 heteroatoms. The van der Waals surface area contributed by atoms with Crippen molar-refractivity contribution in [3.05, 3.63) is 35.4 Å². The first-order valence-electron chi connectivity index (χ1n) is 8.62. The molecule has 1 saturated heterocycles. The van der Waals surface area contributed by atoms with Crippen molar-refractivity contribution in [2.45, 2.75) is 39.2 Å². The van der Waals surface area contributed by atoms with Crippen molar-refractivity contribution in [2.24, 2.45) is 10.7 Å². The Morgan fingerprint density at radius 1 is 1.32 bits per heavy atom. The highest BCUT2D eigenvalue weighted by molar-refractivity contribution is 14.0. The van der Waals surface area contributed by atoms with Gasteiger partial charge in [-0.05, 0) is 38.7 Å². The number of nitrogens with two attached hydrogens (primary N) is 1. The van der Waals surface area contributed by atoms with E-state index in [2.05, 4.69) is 41.5 Å². The summed E-state index contributed by atoms with van der Waals surface area (Å²) in [7, 11) is 0. The average Bonchev–Trinajstić information content (AvgIpc) is 2.57. The second-order valence-corrected chi connectivity index (χ2v) is 6.11. The number of carbonyl (C=O) groups is 1. The standard InChI is InChI=1S/C18H28N4O2.HI/c1-3-24-18(23)22-12-9-16(10-13-22)21-17(19)20-11-8-15-6-4-14(2)5-7-15;/h4-7,16H,3,8-13H2,1-2H3,(H3,19,20,21);1H. The smallest absolute Gasteiger partial charge is 0.409 e. The van der Waals surface area contributed by atoms with Gasteiger partial charge < -0.3 is 20.7 Å². The van der Waals surface area contributed by atoms with Gasteiger partial charge in [0.25, 0.3) is 0 Å². The van der Waals surface area contributed by atoms with Crippen LogP contribution in [0, 0.1) is 6.92 Å². The number of likely N-dealkylation sites (tertiary alicyclic amines) is 1. The van der Waals surface area contributed by atoms with Gasteiger partial charge in [-0.15, -0.1) is 24.0 Å². The maximum atomic E-state index is 11.7. The maximum absolute atomic E-state index is 11.7. The Balaban J connectivity index is 0.00000312. The van der Waals surface area contributed by atoms with Gasteiger partial charge in [0.15, 0.2) is 5.96 Å². The molecule has 0 unspecified atom stereocenters. The highest BCUT2D eigenvalue weighted by atomic mass is 127. The number of hydrogen-bond donors (Lipinski definition) is 2. The summed E-state index contributed by atoms with van der Waals surface area (Å²) in [5.41, 5.74) is 8.49. The number of ether oxygens (including phenoxy) is 1. The molecule has 0 aliphatic carbocycles. The van der Waals surface area contributed by atoms with Gasteiger partial charge in [0, 0.05) is 25.7 Å². The van der Waals surface area contributed by atoms with E-state index < -0.39 is 0 Å². The van der Waals surface area contributed by atoms with Crippen LogP contribution >= 0.6 is 24.0 Å². The van der Waals surface area contributed by atoms with E-state index in [0.29, 0.717) is 32.2 Å². The molecule has 1 heterocycles. The molecule has 1 aliphatic heterocycles. The Morgan fingerprint density at radius 3 is 2.56 bits per heavy atom. The van der Waals surface area contributed by atoms with Crippen molar-refractivity contribution >= 4 is 36.0 Å². The molecule has 0 atom stereocenters. The molecular weight excluding hydrogens is 431 g/mol. The van der Waals surface area contributed by atoms with E-state index in [1.807, 2.05) is 6.92 Å². The molecule has 0 radical (unpaired) electrons. The number of aryl methyl sites for hydroxylation is 1. The molecule has 25 heavy (non-hydrogen) atoms. The number of benzene rings is 1. The Kier molecular flexibility index (Phi) is 9.62. The molecule has 3 N–H and O–H groups in total. The van der Waals surface area contributed by atoms with Gasteiger partial charge >= 0.3 is 6.09 Å². The van der Waals surface area contributed by atoms with Crippen LogP contribution in [0.3, 0.4) is 0 Å². The molecule has 0 aromatic heterocycles. The number of nitrogens with zero attached hydrogens (tertiary/aromatic N) is 2. The van der Waals surface area contributed by atoms with Crippen molar-refractivity contribution in [3.63, 3.8) is 0 Å². The second kappa shape index (κ2) is 11.2.